The van der Waals surface area contributed by atoms with Crippen LogP contribution in [0.4, 0.5) is 5.69 Å². The smallest absolute Gasteiger partial charge is 0.0343 e. The highest BCUT2D eigenvalue weighted by molar-refractivity contribution is 5.85. The molecule has 0 unspecified atom stereocenters. The van der Waals surface area contributed by atoms with Crippen molar-refractivity contribution in [2.24, 2.45) is 5.41 Å². The van der Waals surface area contributed by atoms with Crippen molar-refractivity contribution in [1.29, 1.82) is 0 Å². The highest BCUT2D eigenvalue weighted by Crippen LogP contribution is 2.22. The van der Waals surface area contributed by atoms with Gasteiger partial charge in [-0.05, 0) is 42.4 Å². The second-order valence-corrected chi connectivity index (χ2v) is 5.25. The molecule has 0 aliphatic rings. The van der Waals surface area contributed by atoms with Gasteiger partial charge in [-0.25, -0.2) is 0 Å². The summed E-state index contributed by atoms with van der Waals surface area (Å²) in [6, 6.07) is 6.34. The fraction of sp³-hybridized carbons (Fsp3) is 0.538. The lowest BCUT2D eigenvalue weighted by atomic mass is 9.88. The topological polar surface area (TPSA) is 26.0 Å². The van der Waals surface area contributed by atoms with Gasteiger partial charge >= 0.3 is 0 Å². The minimum absolute atomic E-state index is 0. The Kier molecular flexibility index (Phi) is 5.16. The molecule has 0 bridgehead atoms. The Morgan fingerprint density at radius 1 is 1.20 bits per heavy atom. The van der Waals surface area contributed by atoms with Crippen LogP contribution in [0.15, 0.2) is 18.2 Å². The molecule has 0 atom stereocenters. The summed E-state index contributed by atoms with van der Waals surface area (Å²) in [4.78, 5) is 0. The van der Waals surface area contributed by atoms with Crippen molar-refractivity contribution >= 4 is 18.1 Å². The average molecular weight is 228 g/mol. The number of hydrogen-bond donors (Lipinski definition) is 1. The zero-order valence-electron chi connectivity index (χ0n) is 10.1. The van der Waals surface area contributed by atoms with Crippen LogP contribution in [-0.2, 0) is 6.42 Å². The van der Waals surface area contributed by atoms with Crippen LogP contribution in [0.2, 0.25) is 0 Å². The highest BCUT2D eigenvalue weighted by atomic mass is 35.5. The van der Waals surface area contributed by atoms with Crippen LogP contribution in [0.5, 0.6) is 0 Å². The lowest BCUT2D eigenvalue weighted by molar-refractivity contribution is 0.378. The molecule has 15 heavy (non-hydrogen) atoms. The van der Waals surface area contributed by atoms with Gasteiger partial charge < -0.3 is 5.73 Å². The summed E-state index contributed by atoms with van der Waals surface area (Å²) in [5.41, 5.74) is 9.66. The van der Waals surface area contributed by atoms with E-state index in [1.54, 1.807) is 0 Å². The quantitative estimate of drug-likeness (QED) is 0.760. The number of anilines is 1. The first-order valence-electron chi connectivity index (χ1n) is 5.23. The maximum Gasteiger partial charge on any atom is 0.0343 e. The first kappa shape index (κ1) is 14.3. The van der Waals surface area contributed by atoms with E-state index in [0.717, 1.165) is 12.1 Å². The maximum absolute atomic E-state index is 5.77. The number of rotatable bonds is 2. The zero-order chi connectivity index (χ0) is 10.8. The minimum Gasteiger partial charge on any atom is -0.399 e. The summed E-state index contributed by atoms with van der Waals surface area (Å²) in [7, 11) is 0. The molecular formula is C13H22ClN. The van der Waals surface area contributed by atoms with Crippen LogP contribution in [-0.4, -0.2) is 0 Å². The second kappa shape index (κ2) is 5.41. The van der Waals surface area contributed by atoms with Crippen LogP contribution in [0.3, 0.4) is 0 Å². The van der Waals surface area contributed by atoms with Gasteiger partial charge in [-0.1, -0.05) is 32.9 Å². The first-order valence-corrected chi connectivity index (χ1v) is 5.23. The van der Waals surface area contributed by atoms with Gasteiger partial charge in [0, 0.05) is 5.69 Å². The largest absolute Gasteiger partial charge is 0.399 e. The molecule has 2 N–H and O–H groups in total. The Balaban J connectivity index is 0.00000196. The Hall–Kier alpha value is -0.690. The molecule has 1 rings (SSSR count). The van der Waals surface area contributed by atoms with Crippen molar-refractivity contribution in [3.63, 3.8) is 0 Å². The molecule has 0 aliphatic carbocycles. The third kappa shape index (κ3) is 5.08. The standard InChI is InChI=1S/C13H21N.ClH/c1-10-9-11(5-6-12(10)14)7-8-13(2,3)4;/h5-6,9H,7-8,14H2,1-4H3;1H. The van der Waals surface area contributed by atoms with Gasteiger partial charge in [0.2, 0.25) is 0 Å². The van der Waals surface area contributed by atoms with Crippen LogP contribution in [0.1, 0.15) is 38.3 Å². The zero-order valence-corrected chi connectivity index (χ0v) is 10.9. The summed E-state index contributed by atoms with van der Waals surface area (Å²) in [5, 5.41) is 0. The fourth-order valence-electron chi connectivity index (χ4n) is 1.41. The highest BCUT2D eigenvalue weighted by Gasteiger charge is 2.09. The molecule has 86 valence electrons. The fourth-order valence-corrected chi connectivity index (χ4v) is 1.41. The molecule has 0 aromatic heterocycles. The van der Waals surface area contributed by atoms with E-state index in [9.17, 15) is 0 Å². The van der Waals surface area contributed by atoms with Crippen LogP contribution in [0, 0.1) is 12.3 Å². The monoisotopic (exact) mass is 227 g/mol. The third-order valence-electron chi connectivity index (χ3n) is 2.50. The summed E-state index contributed by atoms with van der Waals surface area (Å²) in [6.07, 6.45) is 2.36. The predicted octanol–water partition coefficient (Wildman–Crippen LogP) is 3.98. The van der Waals surface area contributed by atoms with Gasteiger partial charge in [0.15, 0.2) is 0 Å². The predicted molar refractivity (Wildman–Crippen MR) is 70.6 cm³/mol. The molecule has 0 saturated heterocycles. The summed E-state index contributed by atoms with van der Waals surface area (Å²) in [5.74, 6) is 0. The van der Waals surface area contributed by atoms with E-state index >= 15 is 0 Å². The van der Waals surface area contributed by atoms with E-state index < -0.39 is 0 Å². The summed E-state index contributed by atoms with van der Waals surface area (Å²) < 4.78 is 0. The van der Waals surface area contributed by atoms with E-state index in [4.69, 9.17) is 5.73 Å². The lowest BCUT2D eigenvalue weighted by Crippen LogP contribution is -2.06. The lowest BCUT2D eigenvalue weighted by Gasteiger charge is -2.18. The second-order valence-electron chi connectivity index (χ2n) is 5.25. The molecule has 0 fully saturated rings. The van der Waals surface area contributed by atoms with E-state index in [1.165, 1.54) is 17.5 Å². The van der Waals surface area contributed by atoms with Crippen molar-refractivity contribution < 1.29 is 0 Å². The normalized spacial score (nSPS) is 10.9. The van der Waals surface area contributed by atoms with Gasteiger partial charge in [-0.15, -0.1) is 12.4 Å². The molecule has 0 heterocycles. The molecule has 1 aromatic rings. The van der Waals surface area contributed by atoms with Crippen molar-refractivity contribution in [3.05, 3.63) is 29.3 Å². The molecule has 2 heteroatoms. The van der Waals surface area contributed by atoms with Crippen molar-refractivity contribution in [3.8, 4) is 0 Å². The van der Waals surface area contributed by atoms with Gasteiger partial charge in [0.1, 0.15) is 0 Å². The number of halogens is 1. The van der Waals surface area contributed by atoms with Crippen LogP contribution < -0.4 is 5.73 Å². The summed E-state index contributed by atoms with van der Waals surface area (Å²) >= 11 is 0. The van der Waals surface area contributed by atoms with Crippen molar-refractivity contribution in [1.82, 2.24) is 0 Å². The van der Waals surface area contributed by atoms with Crippen LogP contribution >= 0.6 is 12.4 Å². The minimum atomic E-state index is 0. The van der Waals surface area contributed by atoms with E-state index in [2.05, 4.69) is 39.8 Å². The Bertz CT molecular complexity index is 313. The van der Waals surface area contributed by atoms with Crippen LogP contribution in [0.25, 0.3) is 0 Å². The molecule has 1 nitrogen and oxygen atoms in total. The summed E-state index contributed by atoms with van der Waals surface area (Å²) in [6.45, 7) is 8.89. The molecule has 0 aliphatic heterocycles. The van der Waals surface area contributed by atoms with Gasteiger partial charge in [0.25, 0.3) is 0 Å². The van der Waals surface area contributed by atoms with E-state index in [0.29, 0.717) is 5.41 Å². The number of nitrogens with two attached hydrogens (primary N) is 1. The number of benzene rings is 1. The molecule has 0 radical (unpaired) electrons. The Morgan fingerprint density at radius 2 is 1.80 bits per heavy atom. The molecule has 0 amide bonds. The van der Waals surface area contributed by atoms with Gasteiger partial charge in [-0.2, -0.15) is 0 Å². The third-order valence-corrected chi connectivity index (χ3v) is 2.50. The van der Waals surface area contributed by atoms with E-state index in [1.807, 2.05) is 6.07 Å². The van der Waals surface area contributed by atoms with E-state index in [-0.39, 0.29) is 12.4 Å². The molecule has 0 saturated carbocycles. The maximum atomic E-state index is 5.77. The molecular weight excluding hydrogens is 206 g/mol. The van der Waals surface area contributed by atoms with Gasteiger partial charge in [-0.3, -0.25) is 0 Å². The van der Waals surface area contributed by atoms with Crippen molar-refractivity contribution in [2.45, 2.75) is 40.5 Å². The molecule has 0 spiro atoms. The van der Waals surface area contributed by atoms with Gasteiger partial charge in [0.05, 0.1) is 0 Å². The number of aryl methyl sites for hydroxylation is 2. The van der Waals surface area contributed by atoms with Crippen molar-refractivity contribution in [2.75, 3.05) is 5.73 Å². The SMILES string of the molecule is Cc1cc(CCC(C)(C)C)ccc1N.Cl. The molecule has 1 aromatic carbocycles. The Labute approximate surface area is 99.5 Å². The number of hydrogen-bond acceptors (Lipinski definition) is 1. The first-order chi connectivity index (χ1) is 6.38. The number of nitrogen functional groups attached to an aromatic ring is 1. The average Bonchev–Trinajstić information content (AvgIpc) is 2.06. The Morgan fingerprint density at radius 3 is 2.27 bits per heavy atom.